The third-order valence-corrected chi connectivity index (χ3v) is 3.77. The first-order valence-corrected chi connectivity index (χ1v) is 7.66. The summed E-state index contributed by atoms with van der Waals surface area (Å²) in [5.74, 6) is -0.0175. The highest BCUT2D eigenvalue weighted by atomic mass is 16.5. The third-order valence-electron chi connectivity index (χ3n) is 3.77. The summed E-state index contributed by atoms with van der Waals surface area (Å²) in [4.78, 5) is 16.3. The minimum absolute atomic E-state index is 0.174. The molecule has 0 aliphatic heterocycles. The summed E-state index contributed by atoms with van der Waals surface area (Å²) in [6.45, 7) is 2.07. The first-order valence-electron chi connectivity index (χ1n) is 7.66. The van der Waals surface area contributed by atoms with E-state index in [0.717, 1.165) is 17.4 Å². The number of ether oxygens (including phenoxy) is 1. The molecule has 2 N–H and O–H groups in total. The van der Waals surface area contributed by atoms with Gasteiger partial charge in [-0.25, -0.2) is 4.99 Å². The maximum atomic E-state index is 11.8. The lowest BCUT2D eigenvalue weighted by Crippen LogP contribution is -2.21. The van der Waals surface area contributed by atoms with Crippen molar-refractivity contribution in [2.24, 2.45) is 10.7 Å². The molecule has 0 bridgehead atoms. The molecule has 0 saturated heterocycles. The minimum Gasteiger partial charge on any atom is -0.493 e. The van der Waals surface area contributed by atoms with E-state index in [2.05, 4.69) is 11.9 Å². The second kappa shape index (κ2) is 6.58. The van der Waals surface area contributed by atoms with Crippen LogP contribution in [0, 0.1) is 0 Å². The number of methoxy groups -OCH3 is 1. The Morgan fingerprint density at radius 2 is 2.00 bits per heavy atom. The average molecular weight is 322 g/mol. The van der Waals surface area contributed by atoms with Crippen molar-refractivity contribution in [3.63, 3.8) is 0 Å². The maximum Gasteiger partial charge on any atom is 0.254 e. The van der Waals surface area contributed by atoms with Crippen LogP contribution in [0.5, 0.6) is 5.75 Å². The number of carbonyl (C=O) groups excluding carboxylic acids is 1. The zero-order valence-electron chi connectivity index (χ0n) is 13.6. The van der Waals surface area contributed by atoms with E-state index >= 15 is 0 Å². The SMILES string of the molecule is CCc1cccc(N=c2oc3c(OC)cccc3cc2C(N)=O)c1. The van der Waals surface area contributed by atoms with Gasteiger partial charge in [0.05, 0.1) is 12.8 Å². The highest BCUT2D eigenvalue weighted by Crippen LogP contribution is 2.25. The monoisotopic (exact) mass is 322 g/mol. The Bertz CT molecular complexity index is 974. The lowest BCUT2D eigenvalue weighted by atomic mass is 10.1. The average Bonchev–Trinajstić information content (AvgIpc) is 2.60. The Hall–Kier alpha value is -3.08. The zero-order valence-corrected chi connectivity index (χ0v) is 13.6. The Labute approximate surface area is 139 Å². The lowest BCUT2D eigenvalue weighted by Gasteiger charge is -2.06. The van der Waals surface area contributed by atoms with Crippen LogP contribution in [-0.4, -0.2) is 13.0 Å². The standard InChI is InChI=1S/C19H18N2O3/c1-3-12-6-4-8-14(10-12)21-19-15(18(20)22)11-13-7-5-9-16(23-2)17(13)24-19/h4-11H,3H2,1-2H3,(H2,20,22). The number of nitrogens with zero attached hydrogens (tertiary/aromatic N) is 1. The van der Waals surface area contributed by atoms with Crippen molar-refractivity contribution >= 4 is 22.6 Å². The topological polar surface area (TPSA) is 77.8 Å². The molecule has 1 aromatic heterocycles. The molecule has 1 heterocycles. The molecule has 0 unspecified atom stereocenters. The summed E-state index contributed by atoms with van der Waals surface area (Å²) in [5.41, 5.74) is 8.28. The summed E-state index contributed by atoms with van der Waals surface area (Å²) >= 11 is 0. The molecule has 1 amide bonds. The summed E-state index contributed by atoms with van der Waals surface area (Å²) in [5, 5.41) is 0.726. The summed E-state index contributed by atoms with van der Waals surface area (Å²) in [6.07, 6.45) is 0.898. The molecule has 0 fully saturated rings. The van der Waals surface area contributed by atoms with Gasteiger partial charge in [0.25, 0.3) is 5.91 Å². The molecule has 0 spiro atoms. The largest absolute Gasteiger partial charge is 0.493 e. The number of aryl methyl sites for hydroxylation is 1. The smallest absolute Gasteiger partial charge is 0.254 e. The summed E-state index contributed by atoms with van der Waals surface area (Å²) in [7, 11) is 1.56. The molecule has 2 aromatic carbocycles. The van der Waals surface area contributed by atoms with Gasteiger partial charge in [0.1, 0.15) is 5.56 Å². The molecule has 24 heavy (non-hydrogen) atoms. The zero-order chi connectivity index (χ0) is 17.1. The van der Waals surface area contributed by atoms with Crippen molar-refractivity contribution in [1.29, 1.82) is 0 Å². The molecule has 0 aliphatic rings. The van der Waals surface area contributed by atoms with Crippen LogP contribution in [0.15, 0.2) is 57.9 Å². The molecule has 122 valence electrons. The van der Waals surface area contributed by atoms with Gasteiger partial charge in [-0.15, -0.1) is 0 Å². The number of para-hydroxylation sites is 1. The molecule has 5 heteroatoms. The summed E-state index contributed by atoms with van der Waals surface area (Å²) < 4.78 is 11.2. The quantitative estimate of drug-likeness (QED) is 0.800. The predicted octanol–water partition coefficient (Wildman–Crippen LogP) is 3.34. The minimum atomic E-state index is -0.589. The van der Waals surface area contributed by atoms with Gasteiger partial charge in [-0.1, -0.05) is 31.2 Å². The molecule has 5 nitrogen and oxygen atoms in total. The van der Waals surface area contributed by atoms with E-state index in [0.29, 0.717) is 17.0 Å². The Morgan fingerprint density at radius 3 is 2.71 bits per heavy atom. The Balaban J connectivity index is 2.29. The second-order valence-electron chi connectivity index (χ2n) is 5.34. The van der Waals surface area contributed by atoms with Crippen molar-refractivity contribution in [2.75, 3.05) is 7.11 Å². The number of nitrogens with two attached hydrogens (primary N) is 1. The molecule has 0 atom stereocenters. The summed E-state index contributed by atoms with van der Waals surface area (Å²) in [6, 6.07) is 14.9. The van der Waals surface area contributed by atoms with E-state index in [1.54, 1.807) is 19.2 Å². The van der Waals surface area contributed by atoms with Crippen molar-refractivity contribution in [3.8, 4) is 5.75 Å². The number of benzene rings is 2. The number of amides is 1. The second-order valence-corrected chi connectivity index (χ2v) is 5.34. The van der Waals surface area contributed by atoms with Crippen LogP contribution in [0.4, 0.5) is 5.69 Å². The molecule has 0 radical (unpaired) electrons. The number of primary amides is 1. The fourth-order valence-electron chi connectivity index (χ4n) is 2.51. The molecule has 0 saturated carbocycles. The van der Waals surface area contributed by atoms with Crippen LogP contribution in [0.1, 0.15) is 22.8 Å². The maximum absolute atomic E-state index is 11.8. The first kappa shape index (κ1) is 15.8. The van der Waals surface area contributed by atoms with E-state index in [9.17, 15) is 4.79 Å². The molecular weight excluding hydrogens is 304 g/mol. The van der Waals surface area contributed by atoms with Crippen LogP contribution in [-0.2, 0) is 6.42 Å². The highest BCUT2D eigenvalue weighted by molar-refractivity contribution is 5.96. The van der Waals surface area contributed by atoms with Gasteiger partial charge in [-0.2, -0.15) is 0 Å². The van der Waals surface area contributed by atoms with Crippen molar-refractivity contribution in [2.45, 2.75) is 13.3 Å². The van der Waals surface area contributed by atoms with Gasteiger partial charge in [0, 0.05) is 5.39 Å². The molecule has 3 rings (SSSR count). The van der Waals surface area contributed by atoms with Crippen molar-refractivity contribution in [3.05, 3.63) is 65.2 Å². The Morgan fingerprint density at radius 1 is 1.21 bits per heavy atom. The molecule has 0 aliphatic carbocycles. The van der Waals surface area contributed by atoms with Gasteiger partial charge < -0.3 is 14.9 Å². The van der Waals surface area contributed by atoms with Crippen LogP contribution >= 0.6 is 0 Å². The Kier molecular flexibility index (Phi) is 4.33. The predicted molar refractivity (Wildman–Crippen MR) is 92.3 cm³/mol. The van der Waals surface area contributed by atoms with Crippen molar-refractivity contribution < 1.29 is 13.9 Å². The number of rotatable bonds is 4. The van der Waals surface area contributed by atoms with Crippen LogP contribution in [0.2, 0.25) is 0 Å². The number of hydrogen-bond acceptors (Lipinski definition) is 4. The van der Waals surface area contributed by atoms with E-state index in [1.165, 1.54) is 0 Å². The number of fused-ring (bicyclic) bond motifs is 1. The van der Waals surface area contributed by atoms with Crippen molar-refractivity contribution in [1.82, 2.24) is 0 Å². The highest BCUT2D eigenvalue weighted by Gasteiger charge is 2.12. The fourth-order valence-corrected chi connectivity index (χ4v) is 2.51. The number of hydrogen-bond donors (Lipinski definition) is 1. The molecule has 3 aromatic rings. The number of carbonyl (C=O) groups is 1. The third kappa shape index (κ3) is 3.01. The van der Waals surface area contributed by atoms with E-state index in [1.807, 2.05) is 36.4 Å². The van der Waals surface area contributed by atoms with E-state index < -0.39 is 5.91 Å². The first-order chi connectivity index (χ1) is 11.6. The van der Waals surface area contributed by atoms with Crippen LogP contribution in [0.25, 0.3) is 11.0 Å². The molecular formula is C19H18N2O3. The van der Waals surface area contributed by atoms with Gasteiger partial charge in [0.2, 0.25) is 5.55 Å². The van der Waals surface area contributed by atoms with E-state index in [4.69, 9.17) is 14.9 Å². The van der Waals surface area contributed by atoms with Gasteiger partial charge >= 0.3 is 0 Å². The van der Waals surface area contributed by atoms with Crippen LogP contribution < -0.4 is 16.0 Å². The lowest BCUT2D eigenvalue weighted by molar-refractivity contribution is 0.0996. The van der Waals surface area contributed by atoms with Gasteiger partial charge in [-0.3, -0.25) is 4.79 Å². The van der Waals surface area contributed by atoms with Gasteiger partial charge in [0.15, 0.2) is 11.3 Å². The van der Waals surface area contributed by atoms with Gasteiger partial charge in [-0.05, 0) is 36.2 Å². The van der Waals surface area contributed by atoms with E-state index in [-0.39, 0.29) is 11.1 Å². The van der Waals surface area contributed by atoms with Crippen LogP contribution in [0.3, 0.4) is 0 Å². The fraction of sp³-hybridized carbons (Fsp3) is 0.158. The normalized spacial score (nSPS) is 11.7.